The van der Waals surface area contributed by atoms with Crippen LogP contribution in [0.3, 0.4) is 0 Å². The maximum absolute atomic E-state index is 11.3. The van der Waals surface area contributed by atoms with E-state index in [-0.39, 0.29) is 12.5 Å². The van der Waals surface area contributed by atoms with Gasteiger partial charge in [-0.3, -0.25) is 4.90 Å². The van der Waals surface area contributed by atoms with Crippen molar-refractivity contribution in [2.24, 2.45) is 5.90 Å². The molecular formula is C29H38ClN3O3. The van der Waals surface area contributed by atoms with Gasteiger partial charge in [-0.1, -0.05) is 68.6 Å². The minimum Gasteiger partial charge on any atom is -0.488 e. The fourth-order valence-electron chi connectivity index (χ4n) is 3.95. The second-order valence-electron chi connectivity index (χ2n) is 8.35. The quantitative estimate of drug-likeness (QED) is 0.155. The molecule has 0 amide bonds. The lowest BCUT2D eigenvalue weighted by atomic mass is 9.90. The van der Waals surface area contributed by atoms with Crippen LogP contribution in [0.5, 0.6) is 0 Å². The number of halogens is 1. The molecule has 0 unspecified atom stereocenters. The lowest BCUT2D eigenvalue weighted by Gasteiger charge is -2.39. The van der Waals surface area contributed by atoms with E-state index in [0.717, 1.165) is 26.1 Å². The Morgan fingerprint density at radius 2 is 2.06 bits per heavy atom. The van der Waals surface area contributed by atoms with Gasteiger partial charge < -0.3 is 19.7 Å². The van der Waals surface area contributed by atoms with E-state index in [1.54, 1.807) is 42.8 Å². The summed E-state index contributed by atoms with van der Waals surface area (Å²) in [6.07, 6.45) is 16.3. The van der Waals surface area contributed by atoms with Gasteiger partial charge in [0.25, 0.3) is 0 Å². The Kier molecular flexibility index (Phi) is 12.3. The average Bonchev–Trinajstić information content (AvgIpc) is 3.38. The molecule has 194 valence electrons. The zero-order valence-electron chi connectivity index (χ0n) is 21.3. The number of H-pyrrole nitrogens is 1. The number of aromatic amines is 1. The minimum absolute atomic E-state index is 0.146. The zero-order valence-corrected chi connectivity index (χ0v) is 22.0. The highest BCUT2D eigenvalue weighted by Crippen LogP contribution is 2.35. The van der Waals surface area contributed by atoms with Crippen LogP contribution in [-0.2, 0) is 9.57 Å². The van der Waals surface area contributed by atoms with Gasteiger partial charge in [0.1, 0.15) is 11.9 Å². The fourth-order valence-corrected chi connectivity index (χ4v) is 4.13. The van der Waals surface area contributed by atoms with Crippen molar-refractivity contribution in [3.63, 3.8) is 0 Å². The van der Waals surface area contributed by atoms with Crippen LogP contribution in [0, 0.1) is 0 Å². The first-order valence-electron chi connectivity index (χ1n) is 12.0. The molecule has 2 rings (SSSR count). The third kappa shape index (κ3) is 8.00. The molecule has 7 heteroatoms. The molecule has 0 bridgehead atoms. The summed E-state index contributed by atoms with van der Waals surface area (Å²) >= 11 is 6.46. The van der Waals surface area contributed by atoms with Gasteiger partial charge in [0, 0.05) is 41.7 Å². The van der Waals surface area contributed by atoms with Crippen LogP contribution >= 0.6 is 11.6 Å². The first kappa shape index (κ1) is 29.2. The lowest BCUT2D eigenvalue weighted by molar-refractivity contribution is -0.0171. The van der Waals surface area contributed by atoms with Crippen molar-refractivity contribution in [1.82, 2.24) is 9.88 Å². The molecule has 0 saturated carbocycles. The van der Waals surface area contributed by atoms with Crippen molar-refractivity contribution in [1.29, 1.82) is 0 Å². The molecule has 4 N–H and O–H groups in total. The van der Waals surface area contributed by atoms with Gasteiger partial charge in [-0.2, -0.15) is 5.90 Å². The van der Waals surface area contributed by atoms with E-state index in [1.165, 1.54) is 0 Å². The van der Waals surface area contributed by atoms with E-state index in [0.29, 0.717) is 38.8 Å². The predicted molar refractivity (Wildman–Crippen MR) is 150 cm³/mol. The number of ether oxygens (including phenoxy) is 1. The lowest BCUT2D eigenvalue weighted by Crippen LogP contribution is -2.51. The Balaban J connectivity index is 2.30. The first-order chi connectivity index (χ1) is 17.4. The molecule has 36 heavy (non-hydrogen) atoms. The molecule has 1 fully saturated rings. The molecule has 1 aromatic rings. The number of nitrogens with one attached hydrogen (secondary N) is 1. The second kappa shape index (κ2) is 15.2. The largest absolute Gasteiger partial charge is 0.488 e. The van der Waals surface area contributed by atoms with E-state index in [1.807, 2.05) is 25.2 Å². The summed E-state index contributed by atoms with van der Waals surface area (Å²) in [6.45, 7) is 18.6. The number of rotatable bonds is 15. The van der Waals surface area contributed by atoms with E-state index in [9.17, 15) is 5.11 Å². The number of hydrogen-bond acceptors (Lipinski definition) is 5. The number of aliphatic hydroxyl groups is 1. The van der Waals surface area contributed by atoms with Crippen LogP contribution in [0.2, 0.25) is 0 Å². The normalized spacial score (nSPS) is 17.4. The summed E-state index contributed by atoms with van der Waals surface area (Å²) in [4.78, 5) is 10.6. The van der Waals surface area contributed by atoms with Gasteiger partial charge in [0.05, 0.1) is 6.10 Å². The number of likely N-dealkylation sites (tertiary alicyclic amines) is 1. The molecule has 0 aliphatic carbocycles. The van der Waals surface area contributed by atoms with Crippen molar-refractivity contribution in [2.75, 3.05) is 19.6 Å². The number of nitrogens with two attached hydrogens (primary N) is 1. The summed E-state index contributed by atoms with van der Waals surface area (Å²) in [7, 11) is 0. The Labute approximate surface area is 220 Å². The highest BCUT2D eigenvalue weighted by atomic mass is 35.5. The highest BCUT2D eigenvalue weighted by molar-refractivity contribution is 6.32. The van der Waals surface area contributed by atoms with Crippen LogP contribution in [0.1, 0.15) is 32.3 Å². The summed E-state index contributed by atoms with van der Waals surface area (Å²) < 4.78 is 6.09. The zero-order chi connectivity index (χ0) is 26.5. The van der Waals surface area contributed by atoms with Crippen molar-refractivity contribution in [3.8, 4) is 0 Å². The maximum Gasteiger partial charge on any atom is 0.161 e. The number of hydrogen-bond donors (Lipinski definition) is 3. The summed E-state index contributed by atoms with van der Waals surface area (Å²) in [6, 6.07) is 1.80. The smallest absolute Gasteiger partial charge is 0.161 e. The van der Waals surface area contributed by atoms with E-state index in [4.69, 9.17) is 27.1 Å². The Hall–Kier alpha value is -3.03. The number of aromatic nitrogens is 1. The molecule has 1 aliphatic heterocycles. The van der Waals surface area contributed by atoms with E-state index >= 15 is 0 Å². The standard InChI is InChI=1S/C29H38ClN3O3/c1-6-11-23(35-24-19-33(20-24)17-8-3)13-10-14-27(34)28(29(36-31)22-15-16-32-18-22)21(5)25(12-7-2)26(30)9-4/h6-7,9-13,15-16,18,24,27,32,34H,1-2,5,8,14,17,19-20,31H2,3-4H3/b13-10-,23-11+,25-12-,26-9+,29-28+/t27-/m0/s1. The first-order valence-corrected chi connectivity index (χ1v) is 12.4. The van der Waals surface area contributed by atoms with E-state index in [2.05, 4.69) is 36.5 Å². The Morgan fingerprint density at radius 1 is 1.33 bits per heavy atom. The minimum atomic E-state index is -0.995. The maximum atomic E-state index is 11.3. The molecule has 1 atom stereocenters. The molecule has 2 heterocycles. The van der Waals surface area contributed by atoms with E-state index < -0.39 is 6.10 Å². The predicted octanol–water partition coefficient (Wildman–Crippen LogP) is 5.92. The van der Waals surface area contributed by atoms with Gasteiger partial charge in [0.2, 0.25) is 0 Å². The molecule has 1 aliphatic rings. The SMILES string of the molecule is C=C/C=C(C(=C)/C(=C(\ON)c1cc[nH]c1)[C@@H](O)C/C=C\C(=C/C=C)OC1CN(CCC)C1)\C(Cl)=C/C. The van der Waals surface area contributed by atoms with Crippen molar-refractivity contribution in [3.05, 3.63) is 114 Å². The molecule has 0 radical (unpaired) electrons. The average molecular weight is 512 g/mol. The van der Waals surface area contributed by atoms with Gasteiger partial charge >= 0.3 is 0 Å². The van der Waals surface area contributed by atoms with Crippen LogP contribution in [0.4, 0.5) is 0 Å². The van der Waals surface area contributed by atoms with Crippen LogP contribution < -0.4 is 5.90 Å². The molecule has 1 aromatic heterocycles. The topological polar surface area (TPSA) is 83.7 Å². The van der Waals surface area contributed by atoms with Crippen molar-refractivity contribution in [2.45, 2.75) is 38.9 Å². The van der Waals surface area contributed by atoms with Crippen molar-refractivity contribution >= 4 is 17.4 Å². The summed E-state index contributed by atoms with van der Waals surface area (Å²) in [5.74, 6) is 6.66. The molecule has 6 nitrogen and oxygen atoms in total. The van der Waals surface area contributed by atoms with Gasteiger partial charge in [-0.05, 0) is 55.7 Å². The molecule has 0 aromatic carbocycles. The molecular weight excluding hydrogens is 474 g/mol. The fraction of sp³-hybridized carbons (Fsp3) is 0.310. The van der Waals surface area contributed by atoms with Crippen LogP contribution in [-0.4, -0.2) is 46.8 Å². The third-order valence-electron chi connectivity index (χ3n) is 5.69. The Morgan fingerprint density at radius 3 is 2.61 bits per heavy atom. The van der Waals surface area contributed by atoms with Crippen LogP contribution in [0.25, 0.3) is 5.76 Å². The van der Waals surface area contributed by atoms with Gasteiger partial charge in [-0.15, -0.1) is 0 Å². The molecule has 0 spiro atoms. The summed E-state index contributed by atoms with van der Waals surface area (Å²) in [5.41, 5.74) is 2.17. The van der Waals surface area contributed by atoms with Crippen LogP contribution in [0.15, 0.2) is 108 Å². The van der Waals surface area contributed by atoms with Gasteiger partial charge in [0.15, 0.2) is 5.76 Å². The third-order valence-corrected chi connectivity index (χ3v) is 6.11. The van der Waals surface area contributed by atoms with Crippen molar-refractivity contribution < 1.29 is 14.7 Å². The summed E-state index contributed by atoms with van der Waals surface area (Å²) in [5, 5.41) is 11.8. The second-order valence-corrected chi connectivity index (χ2v) is 8.76. The number of aliphatic hydroxyl groups excluding tert-OH is 1. The number of allylic oxidation sites excluding steroid dienone is 8. The molecule has 1 saturated heterocycles. The van der Waals surface area contributed by atoms with Gasteiger partial charge in [-0.25, -0.2) is 0 Å². The highest BCUT2D eigenvalue weighted by Gasteiger charge is 2.28. The number of nitrogens with zero attached hydrogens (tertiary/aromatic N) is 1. The Bertz CT molecular complexity index is 1040. The monoisotopic (exact) mass is 511 g/mol.